The maximum absolute atomic E-state index is 12.0. The Balaban J connectivity index is 2.41. The van der Waals surface area contributed by atoms with Crippen molar-refractivity contribution in [3.8, 4) is 0 Å². The van der Waals surface area contributed by atoms with E-state index in [2.05, 4.69) is 22.6 Å². The Morgan fingerprint density at radius 1 is 1.33 bits per heavy atom. The molecule has 1 heterocycles. The van der Waals surface area contributed by atoms with E-state index in [0.717, 1.165) is 2.88 Å². The largest absolute Gasteiger partial charge is 0.289 e. The van der Waals surface area contributed by atoms with Crippen molar-refractivity contribution >= 4 is 51.3 Å². The molecule has 0 N–H and O–H groups in total. The van der Waals surface area contributed by atoms with E-state index in [9.17, 15) is 4.79 Å². The molecule has 0 aliphatic heterocycles. The van der Waals surface area contributed by atoms with Crippen molar-refractivity contribution in [2.24, 2.45) is 0 Å². The first-order valence-corrected chi connectivity index (χ1v) is 6.55. The Bertz CT molecular complexity index is 507. The summed E-state index contributed by atoms with van der Waals surface area (Å²) in [4.78, 5) is 12.0. The van der Waals surface area contributed by atoms with Gasteiger partial charge in [-0.15, -0.1) is 11.3 Å². The van der Waals surface area contributed by atoms with E-state index in [1.165, 1.54) is 0 Å². The molecule has 0 unspecified atom stereocenters. The molecule has 2 aromatic rings. The number of carbonyl (C=O) groups excluding carboxylic acids is 1. The van der Waals surface area contributed by atoms with Gasteiger partial charge < -0.3 is 0 Å². The van der Waals surface area contributed by atoms with Gasteiger partial charge in [-0.05, 0) is 40.8 Å². The Morgan fingerprint density at radius 3 is 2.67 bits per heavy atom. The van der Waals surface area contributed by atoms with Gasteiger partial charge in [-0.25, -0.2) is 0 Å². The van der Waals surface area contributed by atoms with Gasteiger partial charge in [-0.1, -0.05) is 23.7 Å². The summed E-state index contributed by atoms with van der Waals surface area (Å²) in [7, 11) is 0. The van der Waals surface area contributed by atoms with Crippen LogP contribution >= 0.6 is 45.5 Å². The summed E-state index contributed by atoms with van der Waals surface area (Å²) in [6.07, 6.45) is 0. The summed E-state index contributed by atoms with van der Waals surface area (Å²) in [5, 5.41) is 2.36. The van der Waals surface area contributed by atoms with Crippen LogP contribution in [0.1, 0.15) is 15.9 Å². The van der Waals surface area contributed by atoms with Crippen LogP contribution in [0.4, 0.5) is 0 Å². The van der Waals surface area contributed by atoms with Crippen LogP contribution in [-0.4, -0.2) is 5.78 Å². The number of thiophene rings is 1. The van der Waals surface area contributed by atoms with Crippen LogP contribution in [0.3, 0.4) is 0 Å². The highest BCUT2D eigenvalue weighted by Crippen LogP contribution is 2.23. The molecule has 0 aliphatic carbocycles. The second-order valence-electron chi connectivity index (χ2n) is 2.95. The Kier molecular flexibility index (Phi) is 3.43. The van der Waals surface area contributed by atoms with E-state index in [4.69, 9.17) is 11.6 Å². The van der Waals surface area contributed by atoms with Crippen molar-refractivity contribution in [2.75, 3.05) is 0 Å². The van der Waals surface area contributed by atoms with Crippen molar-refractivity contribution in [1.29, 1.82) is 0 Å². The van der Waals surface area contributed by atoms with Crippen molar-refractivity contribution in [3.05, 3.63) is 54.7 Å². The summed E-state index contributed by atoms with van der Waals surface area (Å²) >= 11 is 9.71. The van der Waals surface area contributed by atoms with Crippen LogP contribution in [0, 0.1) is 2.88 Å². The highest BCUT2D eigenvalue weighted by Gasteiger charge is 2.13. The normalized spacial score (nSPS) is 10.3. The number of hydrogen-bond acceptors (Lipinski definition) is 2. The van der Waals surface area contributed by atoms with Crippen LogP contribution in [0.2, 0.25) is 5.02 Å². The van der Waals surface area contributed by atoms with Gasteiger partial charge in [-0.2, -0.15) is 0 Å². The lowest BCUT2D eigenvalue weighted by Gasteiger charge is -2.00. The zero-order valence-electron chi connectivity index (χ0n) is 7.54. The SMILES string of the molecule is O=C(c1csc(I)c1)c1ccccc1Cl. The summed E-state index contributed by atoms with van der Waals surface area (Å²) in [6, 6.07) is 8.98. The Morgan fingerprint density at radius 2 is 2.07 bits per heavy atom. The standard InChI is InChI=1S/C11H6ClIOS/c12-9-4-2-1-3-8(9)11(14)7-5-10(13)15-6-7/h1-6H. The fourth-order valence-electron chi connectivity index (χ4n) is 1.23. The van der Waals surface area contributed by atoms with Crippen molar-refractivity contribution in [1.82, 2.24) is 0 Å². The Labute approximate surface area is 110 Å². The van der Waals surface area contributed by atoms with E-state index in [0.29, 0.717) is 16.1 Å². The number of carbonyl (C=O) groups is 1. The second kappa shape index (κ2) is 4.63. The average molecular weight is 349 g/mol. The van der Waals surface area contributed by atoms with Gasteiger partial charge in [0.25, 0.3) is 0 Å². The maximum Gasteiger partial charge on any atom is 0.195 e. The monoisotopic (exact) mass is 348 g/mol. The lowest BCUT2D eigenvalue weighted by molar-refractivity contribution is 0.103. The molecule has 0 aliphatic rings. The van der Waals surface area contributed by atoms with Gasteiger partial charge >= 0.3 is 0 Å². The van der Waals surface area contributed by atoms with Crippen LogP contribution in [-0.2, 0) is 0 Å². The summed E-state index contributed by atoms with van der Waals surface area (Å²) in [5.41, 5.74) is 1.27. The van der Waals surface area contributed by atoms with E-state index in [1.807, 2.05) is 23.6 Å². The van der Waals surface area contributed by atoms with Gasteiger partial charge in [0.2, 0.25) is 0 Å². The lowest BCUT2D eigenvalue weighted by atomic mass is 10.1. The zero-order chi connectivity index (χ0) is 10.8. The van der Waals surface area contributed by atoms with Gasteiger partial charge in [0.05, 0.1) is 7.91 Å². The first-order valence-electron chi connectivity index (χ1n) is 4.22. The molecule has 2 rings (SSSR count). The number of halogens is 2. The second-order valence-corrected chi connectivity index (χ2v) is 6.16. The van der Waals surface area contributed by atoms with Crippen molar-refractivity contribution in [3.63, 3.8) is 0 Å². The Hall–Kier alpha value is -0.390. The number of benzene rings is 1. The summed E-state index contributed by atoms with van der Waals surface area (Å²) in [6.45, 7) is 0. The molecule has 0 bridgehead atoms. The topological polar surface area (TPSA) is 17.1 Å². The van der Waals surface area contributed by atoms with E-state index in [-0.39, 0.29) is 5.78 Å². The summed E-state index contributed by atoms with van der Waals surface area (Å²) in [5.74, 6) is -0.0141. The van der Waals surface area contributed by atoms with Crippen LogP contribution < -0.4 is 0 Å². The number of rotatable bonds is 2. The molecule has 15 heavy (non-hydrogen) atoms. The third-order valence-electron chi connectivity index (χ3n) is 1.95. The van der Waals surface area contributed by atoms with Crippen LogP contribution in [0.25, 0.3) is 0 Å². The molecule has 76 valence electrons. The molecular weight excluding hydrogens is 343 g/mol. The fourth-order valence-corrected chi connectivity index (χ4v) is 2.78. The quantitative estimate of drug-likeness (QED) is 0.586. The van der Waals surface area contributed by atoms with E-state index < -0.39 is 0 Å². The minimum Gasteiger partial charge on any atom is -0.289 e. The smallest absolute Gasteiger partial charge is 0.195 e. The minimum absolute atomic E-state index is 0.0141. The van der Waals surface area contributed by atoms with E-state index >= 15 is 0 Å². The molecule has 0 fully saturated rings. The van der Waals surface area contributed by atoms with Gasteiger partial charge in [0, 0.05) is 16.5 Å². The molecule has 0 saturated heterocycles. The minimum atomic E-state index is -0.0141. The van der Waals surface area contributed by atoms with Gasteiger partial charge in [0.15, 0.2) is 5.78 Å². The van der Waals surface area contributed by atoms with Crippen molar-refractivity contribution in [2.45, 2.75) is 0 Å². The molecule has 0 amide bonds. The molecule has 1 aromatic carbocycles. The molecule has 4 heteroatoms. The fraction of sp³-hybridized carbons (Fsp3) is 0. The number of hydrogen-bond donors (Lipinski definition) is 0. The third-order valence-corrected chi connectivity index (χ3v) is 4.07. The highest BCUT2D eigenvalue weighted by atomic mass is 127. The molecule has 0 saturated carbocycles. The molecule has 0 atom stereocenters. The lowest BCUT2D eigenvalue weighted by Crippen LogP contribution is -1.99. The van der Waals surface area contributed by atoms with Gasteiger partial charge in [0.1, 0.15) is 0 Å². The third kappa shape index (κ3) is 2.41. The van der Waals surface area contributed by atoms with Crippen molar-refractivity contribution < 1.29 is 4.79 Å². The molecule has 0 spiro atoms. The van der Waals surface area contributed by atoms with Gasteiger partial charge in [-0.3, -0.25) is 4.79 Å². The predicted octanol–water partition coefficient (Wildman–Crippen LogP) is 4.24. The molecular formula is C11H6ClIOS. The van der Waals surface area contributed by atoms with Crippen LogP contribution in [0.15, 0.2) is 35.7 Å². The highest BCUT2D eigenvalue weighted by molar-refractivity contribution is 14.1. The first-order chi connectivity index (χ1) is 7.18. The van der Waals surface area contributed by atoms with Crippen LogP contribution in [0.5, 0.6) is 0 Å². The first kappa shape index (κ1) is 11.1. The van der Waals surface area contributed by atoms with E-state index in [1.54, 1.807) is 23.5 Å². The number of ketones is 1. The molecule has 1 nitrogen and oxygen atoms in total. The molecule has 0 radical (unpaired) electrons. The predicted molar refractivity (Wildman–Crippen MR) is 71.9 cm³/mol. The molecule has 1 aromatic heterocycles. The average Bonchev–Trinajstić information content (AvgIpc) is 2.65. The maximum atomic E-state index is 12.0. The zero-order valence-corrected chi connectivity index (χ0v) is 11.3. The summed E-state index contributed by atoms with van der Waals surface area (Å²) < 4.78 is 1.10.